The second-order valence-corrected chi connectivity index (χ2v) is 14.5. The molecule has 4 heterocycles. The van der Waals surface area contributed by atoms with Gasteiger partial charge in [-0.1, -0.05) is 65.9 Å². The SMILES string of the molecule is CC(C)(C)OC(=O)N1CCC(C(=O)NCc2ccccc2-c2ccc(Cn3cncn3)cc2)(n2cc(-c3cccc(NCc4ccncc4)c3)nn2)CC1. The van der Waals surface area contributed by atoms with E-state index in [1.807, 2.05) is 81.6 Å². The summed E-state index contributed by atoms with van der Waals surface area (Å²) in [6.45, 7) is 7.76. The van der Waals surface area contributed by atoms with Crippen molar-refractivity contribution in [1.82, 2.24) is 45.0 Å². The van der Waals surface area contributed by atoms with Crippen LogP contribution in [0.4, 0.5) is 10.5 Å². The average Bonchev–Trinajstić information content (AvgIpc) is 3.90. The van der Waals surface area contributed by atoms with Gasteiger partial charge in [-0.15, -0.1) is 5.10 Å². The highest BCUT2D eigenvalue weighted by Gasteiger charge is 2.45. The number of hydrogen-bond donors (Lipinski definition) is 2. The number of ether oxygens (including phenoxy) is 1. The Labute approximate surface area is 314 Å². The molecule has 0 aliphatic carbocycles. The van der Waals surface area contributed by atoms with Crippen molar-refractivity contribution in [3.8, 4) is 22.4 Å². The van der Waals surface area contributed by atoms with Crippen LogP contribution in [0.2, 0.25) is 0 Å². The number of likely N-dealkylation sites (tertiary alicyclic amines) is 1. The summed E-state index contributed by atoms with van der Waals surface area (Å²) in [5.41, 5.74) is 6.00. The topological polar surface area (TPSA) is 145 Å². The van der Waals surface area contributed by atoms with E-state index in [-0.39, 0.29) is 5.91 Å². The predicted molar refractivity (Wildman–Crippen MR) is 205 cm³/mol. The molecule has 3 aromatic carbocycles. The van der Waals surface area contributed by atoms with E-state index in [0.717, 1.165) is 39.1 Å². The number of carbonyl (C=O) groups is 2. The number of nitrogens with zero attached hydrogens (tertiary/aromatic N) is 8. The highest BCUT2D eigenvalue weighted by molar-refractivity contribution is 5.85. The molecule has 3 aromatic heterocycles. The van der Waals surface area contributed by atoms with Crippen LogP contribution in [-0.2, 0) is 34.7 Å². The molecule has 13 nitrogen and oxygen atoms in total. The minimum absolute atomic E-state index is 0.187. The maximum absolute atomic E-state index is 14.5. The fraction of sp³-hybridized carbons (Fsp3) is 0.293. The Morgan fingerprint density at radius 1 is 0.852 bits per heavy atom. The fourth-order valence-electron chi connectivity index (χ4n) is 6.63. The van der Waals surface area contributed by atoms with Crippen LogP contribution >= 0.6 is 0 Å². The molecular weight excluding hydrogens is 681 g/mol. The second kappa shape index (κ2) is 15.7. The summed E-state index contributed by atoms with van der Waals surface area (Å²) in [6.07, 6.45) is 8.88. The van der Waals surface area contributed by atoms with Gasteiger partial charge in [-0.25, -0.2) is 19.1 Å². The van der Waals surface area contributed by atoms with Gasteiger partial charge in [-0.3, -0.25) is 9.78 Å². The number of piperidine rings is 1. The number of hydrogen-bond acceptors (Lipinski definition) is 9. The van der Waals surface area contributed by atoms with E-state index in [0.29, 0.717) is 51.3 Å². The van der Waals surface area contributed by atoms with Crippen LogP contribution in [0.15, 0.2) is 116 Å². The van der Waals surface area contributed by atoms with Crippen molar-refractivity contribution >= 4 is 17.7 Å². The van der Waals surface area contributed by atoms with Crippen LogP contribution in [0, 0.1) is 0 Å². The van der Waals surface area contributed by atoms with Gasteiger partial charge < -0.3 is 20.3 Å². The van der Waals surface area contributed by atoms with Crippen molar-refractivity contribution in [3.05, 3.63) is 133 Å². The van der Waals surface area contributed by atoms with Gasteiger partial charge >= 0.3 is 6.09 Å². The highest BCUT2D eigenvalue weighted by Crippen LogP contribution is 2.33. The van der Waals surface area contributed by atoms with E-state index in [4.69, 9.17) is 4.74 Å². The number of amides is 2. The van der Waals surface area contributed by atoms with Crippen molar-refractivity contribution in [3.63, 3.8) is 0 Å². The van der Waals surface area contributed by atoms with Gasteiger partial charge in [0, 0.05) is 49.8 Å². The lowest BCUT2D eigenvalue weighted by Gasteiger charge is -2.40. The molecule has 1 fully saturated rings. The molecule has 1 aliphatic heterocycles. The van der Waals surface area contributed by atoms with E-state index in [1.165, 1.54) is 6.33 Å². The van der Waals surface area contributed by atoms with Crippen LogP contribution in [0.3, 0.4) is 0 Å². The zero-order valence-electron chi connectivity index (χ0n) is 30.7. The maximum atomic E-state index is 14.5. The number of benzene rings is 3. The lowest BCUT2D eigenvalue weighted by Crippen LogP contribution is -2.56. The molecule has 1 aliphatic rings. The fourth-order valence-corrected chi connectivity index (χ4v) is 6.63. The molecule has 1 saturated heterocycles. The zero-order chi connectivity index (χ0) is 37.5. The van der Waals surface area contributed by atoms with Gasteiger partial charge in [0.25, 0.3) is 0 Å². The monoisotopic (exact) mass is 724 g/mol. The third-order valence-corrected chi connectivity index (χ3v) is 9.53. The smallest absolute Gasteiger partial charge is 0.410 e. The third-order valence-electron chi connectivity index (χ3n) is 9.53. The molecule has 0 unspecified atom stereocenters. The average molecular weight is 725 g/mol. The third kappa shape index (κ3) is 8.46. The second-order valence-electron chi connectivity index (χ2n) is 14.5. The van der Waals surface area contributed by atoms with E-state index in [2.05, 4.69) is 66.3 Å². The van der Waals surface area contributed by atoms with Crippen LogP contribution in [-0.4, -0.2) is 70.3 Å². The van der Waals surface area contributed by atoms with Crippen LogP contribution in [0.25, 0.3) is 22.4 Å². The Morgan fingerprint density at radius 3 is 2.37 bits per heavy atom. The van der Waals surface area contributed by atoms with Gasteiger partial charge in [0.1, 0.15) is 29.5 Å². The molecule has 0 atom stereocenters. The largest absolute Gasteiger partial charge is 0.444 e. The Hall–Kier alpha value is -6.37. The van der Waals surface area contributed by atoms with Crippen molar-refractivity contribution < 1.29 is 14.3 Å². The number of anilines is 1. The molecule has 54 heavy (non-hydrogen) atoms. The van der Waals surface area contributed by atoms with Crippen LogP contribution in [0.5, 0.6) is 0 Å². The van der Waals surface area contributed by atoms with Crippen LogP contribution < -0.4 is 10.6 Å². The van der Waals surface area contributed by atoms with Crippen molar-refractivity contribution in [2.24, 2.45) is 0 Å². The molecule has 13 heteroatoms. The lowest BCUT2D eigenvalue weighted by atomic mass is 9.86. The zero-order valence-corrected chi connectivity index (χ0v) is 30.7. The Morgan fingerprint density at radius 2 is 1.63 bits per heavy atom. The summed E-state index contributed by atoms with van der Waals surface area (Å²) < 4.78 is 9.13. The van der Waals surface area contributed by atoms with E-state index >= 15 is 0 Å². The Bertz CT molecular complexity index is 2170. The molecule has 0 spiro atoms. The quantitative estimate of drug-likeness (QED) is 0.157. The molecule has 2 amide bonds. The first kappa shape index (κ1) is 36.0. The van der Waals surface area contributed by atoms with Gasteiger partial charge in [0.15, 0.2) is 0 Å². The summed E-state index contributed by atoms with van der Waals surface area (Å²) in [7, 11) is 0. The van der Waals surface area contributed by atoms with E-state index in [9.17, 15) is 9.59 Å². The summed E-state index contributed by atoms with van der Waals surface area (Å²) in [6, 6.07) is 28.3. The van der Waals surface area contributed by atoms with Gasteiger partial charge in [-0.2, -0.15) is 5.10 Å². The normalized spacial score (nSPS) is 14.0. The van der Waals surface area contributed by atoms with E-state index < -0.39 is 17.2 Å². The van der Waals surface area contributed by atoms with Gasteiger partial charge in [0.2, 0.25) is 5.91 Å². The maximum Gasteiger partial charge on any atom is 0.410 e. The van der Waals surface area contributed by atoms with Gasteiger partial charge in [-0.05, 0) is 85.7 Å². The predicted octanol–water partition coefficient (Wildman–Crippen LogP) is 6.30. The minimum Gasteiger partial charge on any atom is -0.444 e. The van der Waals surface area contributed by atoms with Crippen molar-refractivity contribution in [2.45, 2.75) is 64.4 Å². The first-order valence-electron chi connectivity index (χ1n) is 18.1. The molecular formula is C41H44N10O3. The molecule has 2 N–H and O–H groups in total. The number of pyridine rings is 1. The summed E-state index contributed by atoms with van der Waals surface area (Å²) >= 11 is 0. The number of nitrogens with one attached hydrogen (secondary N) is 2. The van der Waals surface area contributed by atoms with E-state index in [1.54, 1.807) is 33.0 Å². The number of rotatable bonds is 11. The van der Waals surface area contributed by atoms with Crippen LogP contribution in [0.1, 0.15) is 50.3 Å². The Kier molecular flexibility index (Phi) is 10.5. The summed E-state index contributed by atoms with van der Waals surface area (Å²) in [4.78, 5) is 37.3. The summed E-state index contributed by atoms with van der Waals surface area (Å²) in [5.74, 6) is -0.187. The molecule has 6 aromatic rings. The Balaban J connectivity index is 1.11. The molecule has 0 bridgehead atoms. The number of aromatic nitrogens is 7. The minimum atomic E-state index is -1.08. The van der Waals surface area contributed by atoms with Crippen molar-refractivity contribution in [1.29, 1.82) is 0 Å². The standard InChI is InChI=1S/C41H44N10O3/c1-40(2,3)54-39(53)49-21-17-41(18-22-49,51-27-37(47-48-51)33-8-6-9-35(23-33)44-24-30-15-19-42-20-16-30)38(52)45-25-34-7-4-5-10-36(34)32-13-11-31(12-14-32)26-50-29-43-28-46-50/h4-16,19-20,23,27-29,44H,17-18,21-22,24-26H2,1-3H3,(H,45,52). The first-order valence-corrected chi connectivity index (χ1v) is 18.1. The first-order chi connectivity index (χ1) is 26.1. The van der Waals surface area contributed by atoms with Crippen molar-refractivity contribution in [2.75, 3.05) is 18.4 Å². The number of carbonyl (C=O) groups excluding carboxylic acids is 2. The molecule has 276 valence electrons. The molecule has 7 rings (SSSR count). The highest BCUT2D eigenvalue weighted by atomic mass is 16.6. The lowest BCUT2D eigenvalue weighted by molar-refractivity contribution is -0.133. The molecule has 0 saturated carbocycles. The van der Waals surface area contributed by atoms with Gasteiger partial charge in [0.05, 0.1) is 12.7 Å². The summed E-state index contributed by atoms with van der Waals surface area (Å²) in [5, 5.41) is 20.0. The molecule has 0 radical (unpaired) electrons.